The Morgan fingerprint density at radius 1 is 1.42 bits per heavy atom. The Kier molecular flexibility index (Phi) is 3.36. The van der Waals surface area contributed by atoms with Crippen molar-refractivity contribution < 1.29 is 4.39 Å². The van der Waals surface area contributed by atoms with Crippen LogP contribution in [-0.2, 0) is 6.42 Å². The van der Waals surface area contributed by atoms with Crippen LogP contribution in [0.1, 0.15) is 11.1 Å². The summed E-state index contributed by atoms with van der Waals surface area (Å²) >= 11 is 11.4. The molecule has 0 atom stereocenters. The van der Waals surface area contributed by atoms with E-state index >= 15 is 0 Å². The van der Waals surface area contributed by atoms with Crippen LogP contribution in [0.5, 0.6) is 0 Å². The van der Waals surface area contributed by atoms with E-state index in [0.717, 1.165) is 5.56 Å². The van der Waals surface area contributed by atoms with Crippen LogP contribution in [-0.4, -0.2) is 5.88 Å². The topological polar surface area (TPSA) is 0 Å². The third-order valence-electron chi connectivity index (χ3n) is 1.69. The highest BCUT2D eigenvalue weighted by atomic mass is 35.5. The second kappa shape index (κ2) is 4.11. The molecule has 0 unspecified atom stereocenters. The van der Waals surface area contributed by atoms with E-state index in [1.807, 2.05) is 0 Å². The number of benzene rings is 1. The summed E-state index contributed by atoms with van der Waals surface area (Å²) in [5, 5.41) is 0.592. The smallest absolute Gasteiger partial charge is 0.126 e. The molecule has 1 aromatic carbocycles. The largest absolute Gasteiger partial charge is 0.207 e. The van der Waals surface area contributed by atoms with Crippen molar-refractivity contribution in [3.8, 4) is 0 Å². The predicted molar refractivity (Wildman–Crippen MR) is 50.6 cm³/mol. The van der Waals surface area contributed by atoms with Gasteiger partial charge >= 0.3 is 0 Å². The van der Waals surface area contributed by atoms with E-state index < -0.39 is 0 Å². The number of halogens is 3. The predicted octanol–water partition coefficient (Wildman–Crippen LogP) is 3.57. The summed E-state index contributed by atoms with van der Waals surface area (Å²) in [5.74, 6) is 0.238. The van der Waals surface area contributed by atoms with Crippen molar-refractivity contribution in [1.82, 2.24) is 0 Å². The highest BCUT2D eigenvalue weighted by Crippen LogP contribution is 2.20. The van der Waals surface area contributed by atoms with Gasteiger partial charge in [-0.25, -0.2) is 4.39 Å². The molecule has 0 radical (unpaired) electrons. The molecule has 0 nitrogen and oxygen atoms in total. The average Bonchev–Trinajstić information content (AvgIpc) is 2.01. The van der Waals surface area contributed by atoms with Crippen LogP contribution in [0.3, 0.4) is 0 Å². The van der Waals surface area contributed by atoms with Crippen molar-refractivity contribution in [2.75, 3.05) is 5.88 Å². The van der Waals surface area contributed by atoms with Gasteiger partial charge in [0.05, 0.1) is 0 Å². The van der Waals surface area contributed by atoms with Gasteiger partial charge in [-0.3, -0.25) is 0 Å². The van der Waals surface area contributed by atoms with Gasteiger partial charge in [-0.15, -0.1) is 11.6 Å². The van der Waals surface area contributed by atoms with Gasteiger partial charge in [0.15, 0.2) is 0 Å². The molecule has 1 aromatic rings. The fraction of sp³-hybridized carbons (Fsp3) is 0.333. The highest BCUT2D eigenvalue weighted by molar-refractivity contribution is 6.31. The minimum Gasteiger partial charge on any atom is -0.207 e. The monoisotopic (exact) mass is 206 g/mol. The lowest BCUT2D eigenvalue weighted by atomic mass is 10.1. The SMILES string of the molecule is Cc1cc(Cl)c(CCCl)cc1F. The van der Waals surface area contributed by atoms with Crippen LogP contribution in [0.4, 0.5) is 4.39 Å². The zero-order valence-electron chi connectivity index (χ0n) is 6.70. The molecule has 0 amide bonds. The van der Waals surface area contributed by atoms with Crippen LogP contribution < -0.4 is 0 Å². The normalized spacial score (nSPS) is 10.3. The van der Waals surface area contributed by atoms with Crippen molar-refractivity contribution in [2.24, 2.45) is 0 Å². The number of rotatable bonds is 2. The van der Waals surface area contributed by atoms with E-state index in [0.29, 0.717) is 22.9 Å². The molecular formula is C9H9Cl2F. The molecule has 12 heavy (non-hydrogen) atoms. The zero-order valence-corrected chi connectivity index (χ0v) is 8.21. The third kappa shape index (κ3) is 2.11. The maximum Gasteiger partial charge on any atom is 0.126 e. The summed E-state index contributed by atoms with van der Waals surface area (Å²) in [4.78, 5) is 0. The lowest BCUT2D eigenvalue weighted by Crippen LogP contribution is -1.91. The maximum absolute atomic E-state index is 13.0. The quantitative estimate of drug-likeness (QED) is 0.650. The molecule has 0 aliphatic carbocycles. The first kappa shape index (κ1) is 9.82. The van der Waals surface area contributed by atoms with Gasteiger partial charge < -0.3 is 0 Å². The summed E-state index contributed by atoms with van der Waals surface area (Å²) in [6.45, 7) is 1.69. The molecule has 66 valence electrons. The first-order valence-electron chi connectivity index (χ1n) is 3.65. The molecule has 0 saturated carbocycles. The number of hydrogen-bond acceptors (Lipinski definition) is 0. The summed E-state index contributed by atoms with van der Waals surface area (Å²) in [6.07, 6.45) is 0.609. The van der Waals surface area contributed by atoms with Gasteiger partial charge in [-0.1, -0.05) is 11.6 Å². The summed E-state index contributed by atoms with van der Waals surface area (Å²) < 4.78 is 13.0. The van der Waals surface area contributed by atoms with Crippen LogP contribution in [0, 0.1) is 12.7 Å². The lowest BCUT2D eigenvalue weighted by molar-refractivity contribution is 0.616. The van der Waals surface area contributed by atoms with E-state index in [4.69, 9.17) is 23.2 Å². The van der Waals surface area contributed by atoms with E-state index in [1.54, 1.807) is 13.0 Å². The third-order valence-corrected chi connectivity index (χ3v) is 2.23. The fourth-order valence-corrected chi connectivity index (χ4v) is 1.50. The molecule has 0 aliphatic rings. The van der Waals surface area contributed by atoms with Gasteiger partial charge in [0, 0.05) is 10.9 Å². The average molecular weight is 207 g/mol. The Labute approximate surface area is 81.3 Å². The summed E-state index contributed by atoms with van der Waals surface area (Å²) in [5.41, 5.74) is 1.34. The molecule has 0 spiro atoms. The number of alkyl halides is 1. The minimum atomic E-state index is -0.223. The van der Waals surface area contributed by atoms with Gasteiger partial charge in [0.25, 0.3) is 0 Å². The van der Waals surface area contributed by atoms with Crippen molar-refractivity contribution in [3.05, 3.63) is 34.1 Å². The van der Waals surface area contributed by atoms with Crippen molar-refractivity contribution in [2.45, 2.75) is 13.3 Å². The van der Waals surface area contributed by atoms with Crippen LogP contribution in [0.2, 0.25) is 5.02 Å². The van der Waals surface area contributed by atoms with E-state index in [-0.39, 0.29) is 5.82 Å². The lowest BCUT2D eigenvalue weighted by Gasteiger charge is -2.03. The van der Waals surface area contributed by atoms with E-state index in [2.05, 4.69) is 0 Å². The maximum atomic E-state index is 13.0. The van der Waals surface area contributed by atoms with Crippen LogP contribution in [0.15, 0.2) is 12.1 Å². The van der Waals surface area contributed by atoms with Gasteiger partial charge in [0.2, 0.25) is 0 Å². The Morgan fingerprint density at radius 2 is 2.08 bits per heavy atom. The van der Waals surface area contributed by atoms with E-state index in [9.17, 15) is 4.39 Å². The van der Waals surface area contributed by atoms with Crippen molar-refractivity contribution >= 4 is 23.2 Å². The first-order valence-corrected chi connectivity index (χ1v) is 4.57. The Bertz CT molecular complexity index is 284. The van der Waals surface area contributed by atoms with Crippen molar-refractivity contribution in [3.63, 3.8) is 0 Å². The Morgan fingerprint density at radius 3 is 2.67 bits per heavy atom. The second-order valence-corrected chi connectivity index (χ2v) is 3.42. The molecule has 0 saturated heterocycles. The molecule has 0 aromatic heterocycles. The molecule has 3 heteroatoms. The Hall–Kier alpha value is -0.270. The van der Waals surface area contributed by atoms with Crippen LogP contribution in [0.25, 0.3) is 0 Å². The molecular weight excluding hydrogens is 198 g/mol. The highest BCUT2D eigenvalue weighted by Gasteiger charge is 2.04. The van der Waals surface area contributed by atoms with Gasteiger partial charge in [0.1, 0.15) is 5.82 Å². The second-order valence-electron chi connectivity index (χ2n) is 2.63. The number of aryl methyl sites for hydroxylation is 2. The fourth-order valence-electron chi connectivity index (χ4n) is 0.981. The van der Waals surface area contributed by atoms with Gasteiger partial charge in [-0.05, 0) is 36.6 Å². The molecule has 1 rings (SSSR count). The summed E-state index contributed by atoms with van der Waals surface area (Å²) in [6, 6.07) is 3.07. The van der Waals surface area contributed by atoms with E-state index in [1.165, 1.54) is 6.07 Å². The minimum absolute atomic E-state index is 0.223. The zero-order chi connectivity index (χ0) is 9.14. The summed E-state index contributed by atoms with van der Waals surface area (Å²) in [7, 11) is 0. The van der Waals surface area contributed by atoms with Crippen LogP contribution >= 0.6 is 23.2 Å². The molecule has 0 aliphatic heterocycles. The van der Waals surface area contributed by atoms with Gasteiger partial charge in [-0.2, -0.15) is 0 Å². The first-order chi connectivity index (χ1) is 5.65. The number of hydrogen-bond donors (Lipinski definition) is 0. The molecule has 0 heterocycles. The molecule has 0 bridgehead atoms. The van der Waals surface area contributed by atoms with Crippen molar-refractivity contribution in [1.29, 1.82) is 0 Å². The molecule has 0 N–H and O–H groups in total. The standard InChI is InChI=1S/C9H9Cl2F/c1-6-4-8(11)7(2-3-10)5-9(6)12/h4-5H,2-3H2,1H3. The Balaban J connectivity index is 3.05. The molecule has 0 fully saturated rings.